The molecule has 1 heteroatoms. The van der Waals surface area contributed by atoms with Gasteiger partial charge < -0.3 is 5.11 Å². The molecule has 0 unspecified atom stereocenters. The molecule has 1 rings (SSSR count). The molecule has 0 saturated heterocycles. The molecule has 0 aromatic carbocycles. The number of hydrogen-bond donors (Lipinski definition) is 1. The van der Waals surface area contributed by atoms with E-state index >= 15 is 0 Å². The third kappa shape index (κ3) is 1.68. The molecule has 54 valence electrons. The van der Waals surface area contributed by atoms with Crippen molar-refractivity contribution in [1.82, 2.24) is 0 Å². The molecule has 1 N–H and O–H groups in total. The lowest BCUT2D eigenvalue weighted by Gasteiger charge is -2.30. The van der Waals surface area contributed by atoms with Gasteiger partial charge >= 0.3 is 0 Å². The minimum atomic E-state index is -0.280. The van der Waals surface area contributed by atoms with E-state index in [2.05, 4.69) is 6.92 Å². The van der Waals surface area contributed by atoms with Crippen LogP contribution in [0.2, 0.25) is 0 Å². The first-order chi connectivity index (χ1) is 4.27. The minimum Gasteiger partial charge on any atom is -0.390 e. The van der Waals surface area contributed by atoms with Crippen LogP contribution in [0.4, 0.5) is 0 Å². The first-order valence-electron chi connectivity index (χ1n) is 3.99. The zero-order valence-corrected chi connectivity index (χ0v) is 6.19. The molecule has 0 amide bonds. The average molecular weight is 128 g/mol. The highest BCUT2D eigenvalue weighted by Crippen LogP contribution is 2.30. The van der Waals surface area contributed by atoms with Crippen molar-refractivity contribution in [3.8, 4) is 0 Å². The predicted molar refractivity (Wildman–Crippen MR) is 38.3 cm³/mol. The molecule has 1 saturated carbocycles. The van der Waals surface area contributed by atoms with Gasteiger partial charge in [-0.2, -0.15) is 0 Å². The average Bonchev–Trinajstić information content (AvgIpc) is 1.90. The van der Waals surface area contributed by atoms with Crippen molar-refractivity contribution < 1.29 is 5.11 Å². The van der Waals surface area contributed by atoms with Gasteiger partial charge in [0.15, 0.2) is 0 Å². The molecule has 0 atom stereocenters. The van der Waals surface area contributed by atoms with Crippen LogP contribution in [0, 0.1) is 0 Å². The molecule has 1 aliphatic carbocycles. The van der Waals surface area contributed by atoms with E-state index in [1.807, 2.05) is 0 Å². The van der Waals surface area contributed by atoms with Crippen molar-refractivity contribution in [2.24, 2.45) is 0 Å². The molecular formula is C8H16O. The van der Waals surface area contributed by atoms with Gasteiger partial charge in [0.1, 0.15) is 0 Å². The maximum Gasteiger partial charge on any atom is 0.0645 e. The highest BCUT2D eigenvalue weighted by atomic mass is 16.3. The molecule has 0 aromatic rings. The monoisotopic (exact) mass is 128 g/mol. The van der Waals surface area contributed by atoms with E-state index in [9.17, 15) is 5.11 Å². The highest BCUT2D eigenvalue weighted by Gasteiger charge is 2.26. The van der Waals surface area contributed by atoms with Gasteiger partial charge in [-0.15, -0.1) is 0 Å². The lowest BCUT2D eigenvalue weighted by atomic mass is 9.83. The second-order valence-electron chi connectivity index (χ2n) is 3.14. The van der Waals surface area contributed by atoms with Gasteiger partial charge in [0.25, 0.3) is 0 Å². The van der Waals surface area contributed by atoms with Crippen LogP contribution in [-0.2, 0) is 0 Å². The fourth-order valence-corrected chi connectivity index (χ4v) is 1.56. The van der Waals surface area contributed by atoms with E-state index in [0.717, 1.165) is 19.3 Å². The number of aliphatic hydroxyl groups is 1. The van der Waals surface area contributed by atoms with Crippen LogP contribution in [0.5, 0.6) is 0 Å². The van der Waals surface area contributed by atoms with Gasteiger partial charge in [0.05, 0.1) is 5.60 Å². The van der Waals surface area contributed by atoms with Crippen LogP contribution in [0.25, 0.3) is 0 Å². The maximum absolute atomic E-state index is 9.68. The molecule has 0 bridgehead atoms. The quantitative estimate of drug-likeness (QED) is 0.573. The SMILES string of the molecule is CCC1(O)CCCCC1. The lowest BCUT2D eigenvalue weighted by molar-refractivity contribution is 0.000673. The molecule has 0 aromatic heterocycles. The third-order valence-corrected chi connectivity index (χ3v) is 2.44. The molecule has 9 heavy (non-hydrogen) atoms. The van der Waals surface area contributed by atoms with Crippen LogP contribution >= 0.6 is 0 Å². The summed E-state index contributed by atoms with van der Waals surface area (Å²) in [4.78, 5) is 0. The summed E-state index contributed by atoms with van der Waals surface area (Å²) in [5.74, 6) is 0. The van der Waals surface area contributed by atoms with E-state index in [-0.39, 0.29) is 5.60 Å². The summed E-state index contributed by atoms with van der Waals surface area (Å²) >= 11 is 0. The molecule has 0 radical (unpaired) electrons. The lowest BCUT2D eigenvalue weighted by Crippen LogP contribution is -2.29. The first kappa shape index (κ1) is 7.07. The van der Waals surface area contributed by atoms with E-state index in [1.54, 1.807) is 0 Å². The van der Waals surface area contributed by atoms with Gasteiger partial charge in [0.2, 0.25) is 0 Å². The molecule has 1 fully saturated rings. The Labute approximate surface area is 57.1 Å². The Hall–Kier alpha value is -0.0400. The van der Waals surface area contributed by atoms with Gasteiger partial charge in [-0.1, -0.05) is 26.2 Å². The molecule has 0 aliphatic heterocycles. The third-order valence-electron chi connectivity index (χ3n) is 2.44. The Kier molecular flexibility index (Phi) is 2.12. The van der Waals surface area contributed by atoms with Gasteiger partial charge in [-0.05, 0) is 19.3 Å². The largest absolute Gasteiger partial charge is 0.390 e. The summed E-state index contributed by atoms with van der Waals surface area (Å²) in [6.07, 6.45) is 6.77. The molecule has 1 nitrogen and oxygen atoms in total. The summed E-state index contributed by atoms with van der Waals surface area (Å²) in [6.45, 7) is 2.07. The van der Waals surface area contributed by atoms with Crippen molar-refractivity contribution in [2.75, 3.05) is 0 Å². The Bertz CT molecular complexity index is 82.6. The van der Waals surface area contributed by atoms with Crippen molar-refractivity contribution in [1.29, 1.82) is 0 Å². The Morgan fingerprint density at radius 3 is 2.11 bits per heavy atom. The van der Waals surface area contributed by atoms with Gasteiger partial charge in [-0.3, -0.25) is 0 Å². The Morgan fingerprint density at radius 1 is 1.22 bits per heavy atom. The first-order valence-corrected chi connectivity index (χ1v) is 3.99. The van der Waals surface area contributed by atoms with Crippen molar-refractivity contribution in [3.05, 3.63) is 0 Å². The van der Waals surface area contributed by atoms with Crippen molar-refractivity contribution in [2.45, 2.75) is 51.0 Å². The maximum atomic E-state index is 9.68. The van der Waals surface area contributed by atoms with Crippen LogP contribution in [0.15, 0.2) is 0 Å². The summed E-state index contributed by atoms with van der Waals surface area (Å²) in [6, 6.07) is 0. The zero-order valence-electron chi connectivity index (χ0n) is 6.19. The van der Waals surface area contributed by atoms with E-state index in [1.165, 1.54) is 19.3 Å². The molecule has 1 aliphatic rings. The van der Waals surface area contributed by atoms with Crippen LogP contribution in [-0.4, -0.2) is 10.7 Å². The fraction of sp³-hybridized carbons (Fsp3) is 1.00. The smallest absolute Gasteiger partial charge is 0.0645 e. The topological polar surface area (TPSA) is 20.2 Å². The number of rotatable bonds is 1. The number of hydrogen-bond acceptors (Lipinski definition) is 1. The van der Waals surface area contributed by atoms with Crippen LogP contribution in [0.3, 0.4) is 0 Å². The van der Waals surface area contributed by atoms with Crippen LogP contribution in [0.1, 0.15) is 45.4 Å². The van der Waals surface area contributed by atoms with Gasteiger partial charge in [0, 0.05) is 0 Å². The molecule has 0 heterocycles. The van der Waals surface area contributed by atoms with Crippen molar-refractivity contribution >= 4 is 0 Å². The molecular weight excluding hydrogens is 112 g/mol. The summed E-state index contributed by atoms with van der Waals surface area (Å²) in [5.41, 5.74) is -0.280. The summed E-state index contributed by atoms with van der Waals surface area (Å²) in [5, 5.41) is 9.68. The van der Waals surface area contributed by atoms with Crippen molar-refractivity contribution in [3.63, 3.8) is 0 Å². The van der Waals surface area contributed by atoms with E-state index < -0.39 is 0 Å². The van der Waals surface area contributed by atoms with Gasteiger partial charge in [-0.25, -0.2) is 0 Å². The minimum absolute atomic E-state index is 0.280. The summed E-state index contributed by atoms with van der Waals surface area (Å²) in [7, 11) is 0. The zero-order chi connectivity index (χ0) is 6.74. The van der Waals surface area contributed by atoms with Crippen LogP contribution < -0.4 is 0 Å². The standard InChI is InChI=1S/C8H16O/c1-2-8(9)6-4-3-5-7-8/h9H,2-7H2,1H3. The summed E-state index contributed by atoms with van der Waals surface area (Å²) < 4.78 is 0. The molecule has 0 spiro atoms. The second kappa shape index (κ2) is 2.70. The fourth-order valence-electron chi connectivity index (χ4n) is 1.56. The Balaban J connectivity index is 2.37. The predicted octanol–water partition coefficient (Wildman–Crippen LogP) is 2.09. The van der Waals surface area contributed by atoms with E-state index in [0.29, 0.717) is 0 Å². The Morgan fingerprint density at radius 2 is 1.78 bits per heavy atom. The normalized spacial score (nSPS) is 26.0. The highest BCUT2D eigenvalue weighted by molar-refractivity contribution is 4.79. The second-order valence-corrected chi connectivity index (χ2v) is 3.14. The van der Waals surface area contributed by atoms with E-state index in [4.69, 9.17) is 0 Å².